The number of nitrogens with one attached hydrogen (secondary N) is 1. The maximum Gasteiger partial charge on any atom is 0.270 e. The Balaban J connectivity index is 1.40. The first-order valence-corrected chi connectivity index (χ1v) is 11.7. The molecular weight excluding hydrogens is 436 g/mol. The molecule has 33 heavy (non-hydrogen) atoms. The van der Waals surface area contributed by atoms with E-state index in [1.165, 1.54) is 5.56 Å². The molecule has 6 heteroatoms. The number of benzene rings is 3. The molecule has 1 N–H and O–H groups in total. The highest BCUT2D eigenvalue weighted by atomic mass is 35.5. The monoisotopic (exact) mass is 464 g/mol. The van der Waals surface area contributed by atoms with Gasteiger partial charge in [-0.25, -0.2) is 0 Å². The van der Waals surface area contributed by atoms with Crippen LogP contribution in [0.25, 0.3) is 0 Å². The van der Waals surface area contributed by atoms with Crippen LogP contribution in [0.5, 0.6) is 11.5 Å². The van der Waals surface area contributed by atoms with Crippen molar-refractivity contribution < 1.29 is 14.3 Å². The zero-order valence-electron chi connectivity index (χ0n) is 19.0. The van der Waals surface area contributed by atoms with Crippen LogP contribution in [0.15, 0.2) is 72.8 Å². The van der Waals surface area contributed by atoms with E-state index >= 15 is 0 Å². The van der Waals surface area contributed by atoms with Gasteiger partial charge in [0.15, 0.2) is 6.10 Å². The molecule has 0 saturated carbocycles. The van der Waals surface area contributed by atoms with E-state index in [4.69, 9.17) is 21.1 Å². The van der Waals surface area contributed by atoms with E-state index in [1.807, 2.05) is 55.1 Å². The van der Waals surface area contributed by atoms with Crippen LogP contribution in [-0.2, 0) is 11.2 Å². The Morgan fingerprint density at radius 3 is 2.36 bits per heavy atom. The van der Waals surface area contributed by atoms with Crippen LogP contribution in [0.1, 0.15) is 18.1 Å². The number of amides is 1. The van der Waals surface area contributed by atoms with Gasteiger partial charge >= 0.3 is 0 Å². The maximum absolute atomic E-state index is 13.1. The van der Waals surface area contributed by atoms with E-state index in [0.717, 1.165) is 30.0 Å². The molecule has 0 aliphatic carbocycles. The highest BCUT2D eigenvalue weighted by molar-refractivity contribution is 6.30. The molecule has 172 valence electrons. The Morgan fingerprint density at radius 2 is 1.67 bits per heavy atom. The fourth-order valence-electron chi connectivity index (χ4n) is 4.04. The molecule has 4 rings (SSSR count). The highest BCUT2D eigenvalue weighted by Gasteiger charge is 2.50. The average molecular weight is 465 g/mol. The number of nitrogens with zero attached hydrogens (tertiary/aromatic N) is 1. The van der Waals surface area contributed by atoms with Gasteiger partial charge in [-0.05, 0) is 80.4 Å². The standard InChI is InChI=1S/C27H29ClN2O3/c1-3-32-22-12-8-20(9-13-22)16-17-29-18-25-26(33-23-14-10-21(28)11-15-23)27(31)30(25)24-7-5-4-6-19(24)2/h4-15,25-26,29H,3,16-18H2,1-2H3. The SMILES string of the molecule is CCOc1ccc(CCNCC2C(Oc3ccc(Cl)cc3)C(=O)N2c2ccccc2C)cc1. The number of anilines is 1. The quantitative estimate of drug-likeness (QED) is 0.337. The van der Waals surface area contributed by atoms with E-state index < -0.39 is 6.10 Å². The molecule has 5 nitrogen and oxygen atoms in total. The lowest BCUT2D eigenvalue weighted by molar-refractivity contribution is -0.134. The third-order valence-electron chi connectivity index (χ3n) is 5.79. The second-order valence-corrected chi connectivity index (χ2v) is 8.52. The number of aryl methyl sites for hydroxylation is 1. The van der Waals surface area contributed by atoms with E-state index in [2.05, 4.69) is 17.4 Å². The third-order valence-corrected chi connectivity index (χ3v) is 6.04. The summed E-state index contributed by atoms with van der Waals surface area (Å²) in [5.74, 6) is 1.50. The van der Waals surface area contributed by atoms with Crippen molar-refractivity contribution in [1.82, 2.24) is 5.32 Å². The summed E-state index contributed by atoms with van der Waals surface area (Å²) in [6.45, 7) is 6.10. The fraction of sp³-hybridized carbons (Fsp3) is 0.296. The molecular formula is C27H29ClN2O3. The lowest BCUT2D eigenvalue weighted by atomic mass is 9.95. The fourth-order valence-corrected chi connectivity index (χ4v) is 4.16. The van der Waals surface area contributed by atoms with Crippen LogP contribution < -0.4 is 19.7 Å². The lowest BCUT2D eigenvalue weighted by Crippen LogP contribution is -2.70. The summed E-state index contributed by atoms with van der Waals surface area (Å²) in [6, 6.07) is 23.1. The minimum absolute atomic E-state index is 0.0300. The molecule has 1 aliphatic rings. The van der Waals surface area contributed by atoms with Crippen molar-refractivity contribution in [2.24, 2.45) is 0 Å². The Labute approximate surface area is 200 Å². The van der Waals surface area contributed by atoms with Crippen molar-refractivity contribution in [3.8, 4) is 11.5 Å². The first-order chi connectivity index (χ1) is 16.1. The molecule has 2 unspecified atom stereocenters. The maximum atomic E-state index is 13.1. The number of hydrogen-bond acceptors (Lipinski definition) is 4. The summed E-state index contributed by atoms with van der Waals surface area (Å²) >= 11 is 5.99. The van der Waals surface area contributed by atoms with Crippen molar-refractivity contribution in [3.63, 3.8) is 0 Å². The minimum atomic E-state index is -0.538. The summed E-state index contributed by atoms with van der Waals surface area (Å²) in [7, 11) is 0. The molecule has 3 aromatic rings. The second kappa shape index (κ2) is 10.7. The number of carbonyl (C=O) groups is 1. The second-order valence-electron chi connectivity index (χ2n) is 8.09. The van der Waals surface area contributed by atoms with Crippen molar-refractivity contribution in [1.29, 1.82) is 0 Å². The summed E-state index contributed by atoms with van der Waals surface area (Å²) in [5.41, 5.74) is 3.23. The normalized spacial score (nSPS) is 17.5. The van der Waals surface area contributed by atoms with Crippen molar-refractivity contribution >= 4 is 23.2 Å². The predicted octanol–water partition coefficient (Wildman–Crippen LogP) is 5.04. The van der Waals surface area contributed by atoms with Gasteiger partial charge in [0.1, 0.15) is 11.5 Å². The van der Waals surface area contributed by atoms with Crippen LogP contribution in [0, 0.1) is 6.92 Å². The highest BCUT2D eigenvalue weighted by Crippen LogP contribution is 2.33. The Kier molecular flexibility index (Phi) is 7.53. The number of hydrogen-bond donors (Lipinski definition) is 1. The topological polar surface area (TPSA) is 50.8 Å². The van der Waals surface area contributed by atoms with E-state index in [0.29, 0.717) is 23.9 Å². The van der Waals surface area contributed by atoms with Gasteiger partial charge in [-0.3, -0.25) is 4.79 Å². The molecule has 0 aromatic heterocycles. The molecule has 0 spiro atoms. The molecule has 0 bridgehead atoms. The van der Waals surface area contributed by atoms with Gasteiger partial charge in [0, 0.05) is 17.3 Å². The van der Waals surface area contributed by atoms with E-state index in [9.17, 15) is 4.79 Å². The molecule has 0 radical (unpaired) electrons. The average Bonchev–Trinajstić information content (AvgIpc) is 2.83. The minimum Gasteiger partial charge on any atom is -0.494 e. The summed E-state index contributed by atoms with van der Waals surface area (Å²) < 4.78 is 11.6. The molecule has 1 fully saturated rings. The first kappa shape index (κ1) is 23.1. The molecule has 1 aliphatic heterocycles. The third kappa shape index (κ3) is 5.49. The van der Waals surface area contributed by atoms with Gasteiger partial charge in [0.2, 0.25) is 0 Å². The van der Waals surface area contributed by atoms with Crippen molar-refractivity contribution in [2.45, 2.75) is 32.4 Å². The van der Waals surface area contributed by atoms with Crippen LogP contribution in [0.2, 0.25) is 5.02 Å². The summed E-state index contributed by atoms with van der Waals surface area (Å²) in [5, 5.41) is 4.15. The van der Waals surface area contributed by atoms with Crippen LogP contribution in [0.3, 0.4) is 0 Å². The largest absolute Gasteiger partial charge is 0.494 e. The van der Waals surface area contributed by atoms with Crippen LogP contribution in [0.4, 0.5) is 5.69 Å². The van der Waals surface area contributed by atoms with Crippen molar-refractivity contribution in [2.75, 3.05) is 24.6 Å². The summed E-state index contributed by atoms with van der Waals surface area (Å²) in [4.78, 5) is 14.9. The first-order valence-electron chi connectivity index (χ1n) is 11.3. The predicted molar refractivity (Wildman–Crippen MR) is 133 cm³/mol. The van der Waals surface area contributed by atoms with Gasteiger partial charge in [0.05, 0.1) is 12.6 Å². The number of ether oxygens (including phenoxy) is 2. The molecule has 1 heterocycles. The van der Waals surface area contributed by atoms with E-state index in [-0.39, 0.29) is 11.9 Å². The number of β-lactam (4-membered cyclic amide) rings is 1. The van der Waals surface area contributed by atoms with Crippen LogP contribution in [-0.4, -0.2) is 37.7 Å². The summed E-state index contributed by atoms with van der Waals surface area (Å²) in [6.07, 6.45) is 0.351. The van der Waals surface area contributed by atoms with Gasteiger partial charge < -0.3 is 19.7 Å². The molecule has 2 atom stereocenters. The molecule has 1 amide bonds. The molecule has 1 saturated heterocycles. The number of para-hydroxylation sites is 1. The van der Waals surface area contributed by atoms with Crippen molar-refractivity contribution in [3.05, 3.63) is 88.9 Å². The smallest absolute Gasteiger partial charge is 0.270 e. The zero-order valence-corrected chi connectivity index (χ0v) is 19.7. The van der Waals surface area contributed by atoms with Gasteiger partial charge in [-0.1, -0.05) is 41.9 Å². The number of carbonyl (C=O) groups excluding carboxylic acids is 1. The van der Waals surface area contributed by atoms with Gasteiger partial charge in [0.25, 0.3) is 5.91 Å². The number of rotatable bonds is 10. The van der Waals surface area contributed by atoms with Crippen LogP contribution >= 0.6 is 11.6 Å². The Bertz CT molecular complexity index is 1070. The zero-order chi connectivity index (χ0) is 23.2. The lowest BCUT2D eigenvalue weighted by Gasteiger charge is -2.47. The van der Waals surface area contributed by atoms with E-state index in [1.54, 1.807) is 24.3 Å². The Hall–Kier alpha value is -3.02. The van der Waals surface area contributed by atoms with Gasteiger partial charge in [-0.2, -0.15) is 0 Å². The van der Waals surface area contributed by atoms with Gasteiger partial charge in [-0.15, -0.1) is 0 Å². The molecule has 3 aromatic carbocycles. The Morgan fingerprint density at radius 1 is 0.970 bits per heavy atom. The number of halogens is 1.